The molecule has 2 N–H and O–H groups in total. The van der Waals surface area contributed by atoms with Crippen LogP contribution in [0.3, 0.4) is 0 Å². The predicted octanol–water partition coefficient (Wildman–Crippen LogP) is 0.528. The average molecular weight is 493 g/mol. The molecule has 1 aromatic heterocycles. The Morgan fingerprint density at radius 3 is 2.61 bits per heavy atom. The minimum atomic E-state index is -5.08. The maximum Gasteiger partial charge on any atom is 0.490 e. The maximum absolute atomic E-state index is 12.4. The van der Waals surface area contributed by atoms with Crippen molar-refractivity contribution < 1.29 is 41.1 Å². The highest BCUT2D eigenvalue weighted by molar-refractivity contribution is 7.91. The van der Waals surface area contributed by atoms with E-state index in [-0.39, 0.29) is 23.5 Å². The van der Waals surface area contributed by atoms with Crippen molar-refractivity contribution in [1.82, 2.24) is 15.3 Å². The Hall–Kier alpha value is -2.97. The Morgan fingerprint density at radius 1 is 1.30 bits per heavy atom. The molecule has 0 radical (unpaired) electrons. The van der Waals surface area contributed by atoms with E-state index in [1.54, 1.807) is 18.6 Å². The van der Waals surface area contributed by atoms with E-state index in [2.05, 4.69) is 25.3 Å². The number of rotatable bonds is 3. The number of alkyl halides is 3. The highest BCUT2D eigenvalue weighted by atomic mass is 32.2. The summed E-state index contributed by atoms with van der Waals surface area (Å²) in [6, 6.07) is -0.339. The summed E-state index contributed by atoms with van der Waals surface area (Å²) < 4.78 is 54.8. The molecule has 2 fully saturated rings. The number of piperidine rings is 1. The lowest BCUT2D eigenvalue weighted by atomic mass is 9.88. The summed E-state index contributed by atoms with van der Waals surface area (Å²) in [6.07, 6.45) is 2.48. The van der Waals surface area contributed by atoms with E-state index >= 15 is 0 Å². The molecule has 15 heteroatoms. The second-order valence-electron chi connectivity index (χ2n) is 7.95. The van der Waals surface area contributed by atoms with Gasteiger partial charge in [-0.1, -0.05) is 5.16 Å². The number of nitrogens with one attached hydrogen (secondary N) is 1. The molecule has 0 bridgehead atoms. The topological polar surface area (TPSA) is 151 Å². The van der Waals surface area contributed by atoms with E-state index in [9.17, 15) is 26.4 Å². The Morgan fingerprint density at radius 2 is 2.03 bits per heavy atom. The van der Waals surface area contributed by atoms with Crippen LogP contribution in [0.1, 0.15) is 25.7 Å². The zero-order valence-electron chi connectivity index (χ0n) is 17.3. The lowest BCUT2D eigenvalue weighted by Crippen LogP contribution is -2.49. The highest BCUT2D eigenvalue weighted by Crippen LogP contribution is 2.34. The van der Waals surface area contributed by atoms with E-state index < -0.39 is 27.6 Å². The summed E-state index contributed by atoms with van der Waals surface area (Å²) >= 11 is 0. The second-order valence-corrected chi connectivity index (χ2v) is 10.2. The van der Waals surface area contributed by atoms with Crippen LogP contribution in [0.25, 0.3) is 0 Å². The third kappa shape index (κ3) is 6.52. The molecule has 4 rings (SSSR count). The molecule has 2 unspecified atom stereocenters. The number of anilines is 1. The molecular weight excluding hydrogens is 471 g/mol. The number of hydrogen-bond donors (Lipinski definition) is 2. The van der Waals surface area contributed by atoms with Crippen molar-refractivity contribution in [3.63, 3.8) is 0 Å². The minimum absolute atomic E-state index is 0.00151. The fraction of sp³-hybridized carbons (Fsp3) is 0.611. The van der Waals surface area contributed by atoms with E-state index in [0.29, 0.717) is 25.1 Å². The standard InChI is InChI=1S/C16H21N5O4S.C2HF3O2/c22-15(19-12-2-7-26(23,24)10-12)13-8-16(25-20-13)3-1-6-21(11-16)14-9-17-4-5-18-14;3-2(4,5)1(6)7/h4-5,9,12H,1-3,6-8,10-11H2,(H,19,22);(H,6,7). The Bertz CT molecular complexity index is 1020. The largest absolute Gasteiger partial charge is 0.490 e. The molecule has 2 atom stereocenters. The molecular formula is C18H22F3N5O6S. The number of oxime groups is 1. The van der Waals surface area contributed by atoms with Crippen LogP contribution < -0.4 is 10.2 Å². The van der Waals surface area contributed by atoms with Crippen molar-refractivity contribution in [2.75, 3.05) is 29.5 Å². The van der Waals surface area contributed by atoms with Crippen LogP contribution in [0.2, 0.25) is 0 Å². The lowest BCUT2D eigenvalue weighted by Gasteiger charge is -2.38. The first-order valence-electron chi connectivity index (χ1n) is 9.97. The normalized spacial score (nSPS) is 26.1. The first-order valence-corrected chi connectivity index (χ1v) is 11.8. The van der Waals surface area contributed by atoms with Crippen molar-refractivity contribution in [2.24, 2.45) is 5.16 Å². The fourth-order valence-corrected chi connectivity index (χ4v) is 5.46. The molecule has 1 aromatic rings. The van der Waals surface area contributed by atoms with Crippen molar-refractivity contribution in [3.05, 3.63) is 18.6 Å². The Labute approximate surface area is 186 Å². The van der Waals surface area contributed by atoms with Crippen molar-refractivity contribution in [2.45, 2.75) is 43.5 Å². The lowest BCUT2D eigenvalue weighted by molar-refractivity contribution is -0.192. The van der Waals surface area contributed by atoms with Gasteiger partial charge in [0.05, 0.1) is 24.2 Å². The molecule has 4 heterocycles. The summed E-state index contributed by atoms with van der Waals surface area (Å²) in [5, 5.41) is 13.9. The number of aliphatic carboxylic acids is 1. The van der Waals surface area contributed by atoms with Gasteiger partial charge in [0.15, 0.2) is 15.4 Å². The summed E-state index contributed by atoms with van der Waals surface area (Å²) in [6.45, 7) is 1.44. The van der Waals surface area contributed by atoms with Crippen molar-refractivity contribution in [3.8, 4) is 0 Å². The van der Waals surface area contributed by atoms with Gasteiger partial charge in [0.1, 0.15) is 11.5 Å². The van der Waals surface area contributed by atoms with Gasteiger partial charge < -0.3 is 20.2 Å². The number of halogens is 3. The number of hydrogen-bond acceptors (Lipinski definition) is 9. The van der Waals surface area contributed by atoms with Gasteiger partial charge in [0, 0.05) is 31.4 Å². The van der Waals surface area contributed by atoms with E-state index in [1.165, 1.54) is 0 Å². The number of carboxylic acid groups (broad SMARTS) is 1. The SMILES string of the molecule is O=C(NC1CCS(=O)(=O)C1)C1=NOC2(CCCN(c3cnccn3)C2)C1.O=C(O)C(F)(F)F. The molecule has 0 saturated carbocycles. The van der Waals surface area contributed by atoms with Gasteiger partial charge in [-0.05, 0) is 19.3 Å². The van der Waals surface area contributed by atoms with Crippen LogP contribution in [0.5, 0.6) is 0 Å². The van der Waals surface area contributed by atoms with Crippen LogP contribution >= 0.6 is 0 Å². The first kappa shape index (κ1) is 24.7. The molecule has 1 spiro atoms. The molecule has 3 aliphatic rings. The van der Waals surface area contributed by atoms with Gasteiger partial charge in [-0.15, -0.1) is 0 Å². The quantitative estimate of drug-likeness (QED) is 0.614. The number of carbonyl (C=O) groups excluding carboxylic acids is 1. The van der Waals surface area contributed by atoms with Gasteiger partial charge in [-0.2, -0.15) is 13.2 Å². The number of aromatic nitrogens is 2. The van der Waals surface area contributed by atoms with Crippen molar-refractivity contribution >= 4 is 33.2 Å². The van der Waals surface area contributed by atoms with Crippen LogP contribution in [-0.2, 0) is 24.3 Å². The summed E-state index contributed by atoms with van der Waals surface area (Å²) in [5.41, 5.74) is -0.209. The number of sulfone groups is 1. The molecule has 2 saturated heterocycles. The Balaban J connectivity index is 0.000000383. The predicted molar refractivity (Wildman–Crippen MR) is 108 cm³/mol. The van der Waals surface area contributed by atoms with E-state index in [4.69, 9.17) is 14.7 Å². The van der Waals surface area contributed by atoms with Gasteiger partial charge >= 0.3 is 12.1 Å². The second kappa shape index (κ2) is 9.49. The zero-order valence-corrected chi connectivity index (χ0v) is 18.1. The highest BCUT2D eigenvalue weighted by Gasteiger charge is 2.45. The minimum Gasteiger partial charge on any atom is -0.475 e. The molecule has 11 nitrogen and oxygen atoms in total. The fourth-order valence-electron chi connectivity index (χ4n) is 3.79. The van der Waals surface area contributed by atoms with Crippen molar-refractivity contribution in [1.29, 1.82) is 0 Å². The number of carboxylic acids is 1. The average Bonchev–Trinajstić information content (AvgIpc) is 3.31. The van der Waals surface area contributed by atoms with Gasteiger partial charge in [-0.25, -0.2) is 18.2 Å². The number of amides is 1. The first-order chi connectivity index (χ1) is 15.4. The molecule has 3 aliphatic heterocycles. The molecule has 1 amide bonds. The third-order valence-corrected chi connectivity index (χ3v) is 7.09. The van der Waals surface area contributed by atoms with Gasteiger partial charge in [0.25, 0.3) is 5.91 Å². The third-order valence-electron chi connectivity index (χ3n) is 5.32. The van der Waals surface area contributed by atoms with E-state index in [1.807, 2.05) is 0 Å². The zero-order chi connectivity index (χ0) is 24.3. The van der Waals surface area contributed by atoms with E-state index in [0.717, 1.165) is 25.2 Å². The smallest absolute Gasteiger partial charge is 0.475 e. The molecule has 33 heavy (non-hydrogen) atoms. The Kier molecular flexibility index (Phi) is 7.09. The summed E-state index contributed by atoms with van der Waals surface area (Å²) in [7, 11) is -3.03. The van der Waals surface area contributed by atoms with Crippen LogP contribution in [-0.4, -0.2) is 83.5 Å². The number of carbonyl (C=O) groups is 2. The molecule has 182 valence electrons. The monoisotopic (exact) mass is 493 g/mol. The van der Waals surface area contributed by atoms with Gasteiger partial charge in [-0.3, -0.25) is 9.78 Å². The van der Waals surface area contributed by atoms with Gasteiger partial charge in [0.2, 0.25) is 0 Å². The maximum atomic E-state index is 12.4. The number of nitrogens with zero attached hydrogens (tertiary/aromatic N) is 4. The van der Waals surface area contributed by atoms with Crippen LogP contribution in [0.15, 0.2) is 23.7 Å². The molecule has 0 aromatic carbocycles. The molecule has 0 aliphatic carbocycles. The summed E-state index contributed by atoms with van der Waals surface area (Å²) in [4.78, 5) is 37.5. The van der Waals surface area contributed by atoms with Crippen LogP contribution in [0, 0.1) is 0 Å². The summed E-state index contributed by atoms with van der Waals surface area (Å²) in [5.74, 6) is -2.19. The van der Waals surface area contributed by atoms with Crippen LogP contribution in [0.4, 0.5) is 19.0 Å².